The Balaban J connectivity index is 1.44. The smallest absolute Gasteiger partial charge is 0.315 e. The molecule has 0 fully saturated rings. The van der Waals surface area contributed by atoms with E-state index in [1.165, 1.54) is 0 Å². The van der Waals surface area contributed by atoms with Crippen LogP contribution >= 0.6 is 0 Å². The van der Waals surface area contributed by atoms with Crippen LogP contribution in [0.3, 0.4) is 0 Å². The lowest BCUT2D eigenvalue weighted by Gasteiger charge is -2.24. The van der Waals surface area contributed by atoms with Crippen LogP contribution in [0.5, 0.6) is 0 Å². The number of amides is 6. The molecule has 6 amide bonds. The van der Waals surface area contributed by atoms with Crippen molar-refractivity contribution in [3.8, 4) is 0 Å². The highest BCUT2D eigenvalue weighted by molar-refractivity contribution is 5.75. The minimum atomic E-state index is -0.254. The van der Waals surface area contributed by atoms with Gasteiger partial charge in [-0.15, -0.1) is 0 Å². The number of rotatable bonds is 15. The molecule has 3 rings (SSSR count). The number of urea groups is 3. The van der Waals surface area contributed by atoms with Gasteiger partial charge in [0.1, 0.15) is 0 Å². The summed E-state index contributed by atoms with van der Waals surface area (Å²) in [7, 11) is 0. The second-order valence-corrected chi connectivity index (χ2v) is 10.4. The Kier molecular flexibility index (Phi) is 13.8. The van der Waals surface area contributed by atoms with Crippen molar-refractivity contribution in [3.05, 3.63) is 108 Å². The highest BCUT2D eigenvalue weighted by atomic mass is 16.2. The van der Waals surface area contributed by atoms with Crippen molar-refractivity contribution in [1.29, 1.82) is 0 Å². The fourth-order valence-electron chi connectivity index (χ4n) is 4.54. The molecule has 3 aromatic carbocycles. The van der Waals surface area contributed by atoms with Crippen LogP contribution in [0.25, 0.3) is 0 Å². The molecule has 0 bridgehead atoms. The van der Waals surface area contributed by atoms with Crippen molar-refractivity contribution < 1.29 is 14.4 Å². The van der Waals surface area contributed by atoms with E-state index >= 15 is 0 Å². The van der Waals surface area contributed by atoms with Crippen LogP contribution in [0.2, 0.25) is 0 Å². The summed E-state index contributed by atoms with van der Waals surface area (Å²) in [5.41, 5.74) is 3.07. The van der Waals surface area contributed by atoms with Gasteiger partial charge in [0.15, 0.2) is 0 Å². The van der Waals surface area contributed by atoms with Crippen LogP contribution in [0.4, 0.5) is 14.4 Å². The highest BCUT2D eigenvalue weighted by Gasteiger charge is 2.13. The molecule has 43 heavy (non-hydrogen) atoms. The molecule has 0 unspecified atom stereocenters. The van der Waals surface area contributed by atoms with Crippen LogP contribution in [0, 0.1) is 0 Å². The normalized spacial score (nSPS) is 12.8. The lowest BCUT2D eigenvalue weighted by molar-refractivity contribution is 0.225. The van der Waals surface area contributed by atoms with E-state index in [0.717, 1.165) is 16.7 Å². The lowest BCUT2D eigenvalue weighted by atomic mass is 10.1. The van der Waals surface area contributed by atoms with E-state index in [2.05, 4.69) is 36.8 Å². The third-order valence-electron chi connectivity index (χ3n) is 7.08. The van der Waals surface area contributed by atoms with E-state index in [1.54, 1.807) is 0 Å². The van der Waals surface area contributed by atoms with Gasteiger partial charge in [-0.1, -0.05) is 91.0 Å². The number of carbonyl (C=O) groups is 3. The number of hydrogen-bond acceptors (Lipinski definition) is 4. The predicted molar refractivity (Wildman–Crippen MR) is 171 cm³/mol. The molecule has 0 heterocycles. The fraction of sp³-hybridized carbons (Fsp3) is 0.364. The molecule has 0 spiro atoms. The maximum Gasteiger partial charge on any atom is 0.315 e. The molecule has 0 saturated heterocycles. The van der Waals surface area contributed by atoms with Crippen LogP contribution in [0.15, 0.2) is 91.0 Å². The van der Waals surface area contributed by atoms with E-state index in [0.29, 0.717) is 39.3 Å². The summed E-state index contributed by atoms with van der Waals surface area (Å²) in [5.74, 6) is 0. The Morgan fingerprint density at radius 3 is 1.00 bits per heavy atom. The van der Waals surface area contributed by atoms with Crippen molar-refractivity contribution in [2.45, 2.75) is 38.9 Å². The zero-order valence-electron chi connectivity index (χ0n) is 25.3. The minimum absolute atomic E-state index is 0.126. The van der Waals surface area contributed by atoms with Crippen molar-refractivity contribution in [2.24, 2.45) is 0 Å². The second kappa shape index (κ2) is 18.1. The molecule has 10 heteroatoms. The number of benzene rings is 3. The predicted octanol–water partition coefficient (Wildman–Crippen LogP) is 4.47. The topological polar surface area (TPSA) is 127 Å². The van der Waals surface area contributed by atoms with Gasteiger partial charge in [-0.2, -0.15) is 0 Å². The number of hydrogen-bond donors (Lipinski definition) is 6. The van der Waals surface area contributed by atoms with E-state index in [-0.39, 0.29) is 36.2 Å². The van der Waals surface area contributed by atoms with Gasteiger partial charge in [0, 0.05) is 39.3 Å². The summed E-state index contributed by atoms with van der Waals surface area (Å²) in [6.45, 7) is 8.65. The monoisotopic (exact) mass is 587 g/mol. The first-order valence-corrected chi connectivity index (χ1v) is 14.8. The van der Waals surface area contributed by atoms with Gasteiger partial charge in [0.25, 0.3) is 0 Å². The summed E-state index contributed by atoms with van der Waals surface area (Å²) in [4.78, 5) is 39.5. The Morgan fingerprint density at radius 2 is 0.744 bits per heavy atom. The first kappa shape index (κ1) is 32.9. The molecule has 0 aliphatic carbocycles. The van der Waals surface area contributed by atoms with Crippen LogP contribution in [-0.4, -0.2) is 62.3 Å². The Hall–Kier alpha value is -4.57. The summed E-state index contributed by atoms with van der Waals surface area (Å²) in [5, 5.41) is 17.6. The van der Waals surface area contributed by atoms with E-state index in [9.17, 15) is 14.4 Å². The quantitative estimate of drug-likeness (QED) is 0.157. The molecular weight excluding hydrogens is 542 g/mol. The molecule has 10 nitrogen and oxygen atoms in total. The molecule has 0 aliphatic heterocycles. The van der Waals surface area contributed by atoms with Crippen LogP contribution < -0.4 is 31.9 Å². The zero-order chi connectivity index (χ0) is 30.9. The molecular formula is C33H45N7O3. The average Bonchev–Trinajstić information content (AvgIpc) is 3.02. The molecule has 6 N–H and O–H groups in total. The summed E-state index contributed by atoms with van der Waals surface area (Å²) in [6, 6.07) is 28.2. The first-order valence-electron chi connectivity index (χ1n) is 14.8. The summed E-state index contributed by atoms with van der Waals surface area (Å²) in [6.07, 6.45) is 0. The molecule has 3 atom stereocenters. The van der Waals surface area contributed by atoms with Crippen molar-refractivity contribution >= 4 is 18.1 Å². The maximum atomic E-state index is 12.5. The lowest BCUT2D eigenvalue weighted by Crippen LogP contribution is -2.47. The first-order chi connectivity index (χ1) is 20.8. The van der Waals surface area contributed by atoms with Crippen molar-refractivity contribution in [3.63, 3.8) is 0 Å². The molecule has 0 aromatic heterocycles. The maximum absolute atomic E-state index is 12.5. The van der Waals surface area contributed by atoms with E-state index in [1.807, 2.05) is 112 Å². The average molecular weight is 588 g/mol. The third kappa shape index (κ3) is 12.5. The largest absolute Gasteiger partial charge is 0.337 e. The minimum Gasteiger partial charge on any atom is -0.337 e. The molecule has 0 aliphatic rings. The molecule has 0 radical (unpaired) electrons. The summed E-state index contributed by atoms with van der Waals surface area (Å²) < 4.78 is 0. The van der Waals surface area contributed by atoms with E-state index < -0.39 is 0 Å². The fourth-order valence-corrected chi connectivity index (χ4v) is 4.54. The highest BCUT2D eigenvalue weighted by Crippen LogP contribution is 2.12. The molecule has 230 valence electrons. The van der Waals surface area contributed by atoms with E-state index in [4.69, 9.17) is 0 Å². The number of nitrogens with one attached hydrogen (secondary N) is 6. The van der Waals surface area contributed by atoms with Gasteiger partial charge in [-0.3, -0.25) is 4.90 Å². The van der Waals surface area contributed by atoms with Crippen LogP contribution in [0.1, 0.15) is 55.6 Å². The molecule has 0 saturated carbocycles. The summed E-state index contributed by atoms with van der Waals surface area (Å²) >= 11 is 0. The Labute approximate surface area is 255 Å². The van der Waals surface area contributed by atoms with Gasteiger partial charge >= 0.3 is 18.1 Å². The SMILES string of the molecule is C[C@H](NC(=O)NCCN(CCNC(=O)N[C@@H](C)c1ccccc1)CCNC(=O)N[C@@H](C)c1ccccc1)c1ccccc1. The van der Waals surface area contributed by atoms with Gasteiger partial charge in [-0.25, -0.2) is 14.4 Å². The van der Waals surface area contributed by atoms with Gasteiger partial charge in [-0.05, 0) is 37.5 Å². The third-order valence-corrected chi connectivity index (χ3v) is 7.08. The second-order valence-electron chi connectivity index (χ2n) is 10.4. The molecule has 3 aromatic rings. The Morgan fingerprint density at radius 1 is 0.488 bits per heavy atom. The van der Waals surface area contributed by atoms with Gasteiger partial charge < -0.3 is 31.9 Å². The van der Waals surface area contributed by atoms with Crippen molar-refractivity contribution in [1.82, 2.24) is 36.8 Å². The Bertz CT molecular complexity index is 1090. The van der Waals surface area contributed by atoms with Crippen molar-refractivity contribution in [2.75, 3.05) is 39.3 Å². The van der Waals surface area contributed by atoms with Gasteiger partial charge in [0.2, 0.25) is 0 Å². The zero-order valence-corrected chi connectivity index (χ0v) is 25.3. The number of nitrogens with zero attached hydrogens (tertiary/aromatic N) is 1. The number of carbonyl (C=O) groups excluding carboxylic acids is 3. The standard InChI is InChI=1S/C33H45N7O3/c1-25(28-13-7-4-8-14-28)37-31(41)34-19-22-40(23-20-35-32(42)38-26(2)29-15-9-5-10-16-29)24-21-36-33(43)39-27(3)30-17-11-6-12-18-30/h4-18,25-27H,19-24H2,1-3H3,(H2,34,37,41)(H2,35,38,42)(H2,36,39,43)/t25-,26-,27-/m0/s1. The van der Waals surface area contributed by atoms with Crippen LogP contribution in [-0.2, 0) is 0 Å². The van der Waals surface area contributed by atoms with Gasteiger partial charge in [0.05, 0.1) is 18.1 Å².